The Bertz CT molecular complexity index is 3140. The quantitative estimate of drug-likeness (QED) is 0.118. The number of nitrogens with one attached hydrogen (secondary N) is 2. The summed E-state index contributed by atoms with van der Waals surface area (Å²) in [6.45, 7) is 14.6. The predicted octanol–water partition coefficient (Wildman–Crippen LogP) is 14.2. The number of ether oxygens (including phenoxy) is 4. The predicted molar refractivity (Wildman–Crippen MR) is 305 cm³/mol. The van der Waals surface area contributed by atoms with Crippen LogP contribution in [0, 0.1) is 0 Å². The highest BCUT2D eigenvalue weighted by atomic mass is 35.5. The third kappa shape index (κ3) is 14.8. The Morgan fingerprint density at radius 2 is 0.987 bits per heavy atom. The largest absolute Gasteiger partial charge is 0.486 e. The zero-order valence-electron chi connectivity index (χ0n) is 44.7. The van der Waals surface area contributed by atoms with Gasteiger partial charge >= 0.3 is 12.2 Å². The van der Waals surface area contributed by atoms with Gasteiger partial charge < -0.3 is 39.4 Å². The molecule has 78 heavy (non-hydrogen) atoms. The minimum absolute atomic E-state index is 0.203. The van der Waals surface area contributed by atoms with Crippen LogP contribution in [0.1, 0.15) is 102 Å². The van der Waals surface area contributed by atoms with E-state index in [1.165, 1.54) is 0 Å². The van der Waals surface area contributed by atoms with Crippen molar-refractivity contribution in [2.45, 2.75) is 103 Å². The van der Waals surface area contributed by atoms with Gasteiger partial charge in [0.1, 0.15) is 60.2 Å². The Balaban J connectivity index is 0.000000190. The Labute approximate surface area is 464 Å². The van der Waals surface area contributed by atoms with Crippen LogP contribution in [0.15, 0.2) is 134 Å². The first-order chi connectivity index (χ1) is 37.5. The van der Waals surface area contributed by atoms with Crippen LogP contribution in [-0.4, -0.2) is 89.3 Å². The standard InChI is InChI=1S/2C30H32ClN5O3/c2*1-30(2,3)39-29(37)36-14-6-7-21(17-36)20-9-11-26-24(15-20)28(34-19-33-26)35-22-10-12-27(25(31)16-22)38-18-23-8-4-5-13-32-23/h2*4-5,8-13,15-16,19,21H,6-7,14,17-18H2,1-3H3,(H,33,34,35)/t21-;/m0./s1. The zero-order valence-corrected chi connectivity index (χ0v) is 46.2. The second kappa shape index (κ2) is 24.7. The third-order valence-corrected chi connectivity index (χ3v) is 13.6. The summed E-state index contributed by atoms with van der Waals surface area (Å²) >= 11 is 13.1. The zero-order chi connectivity index (χ0) is 54.8. The summed E-state index contributed by atoms with van der Waals surface area (Å²) in [6.07, 6.45) is 9.87. The highest BCUT2D eigenvalue weighted by Crippen LogP contribution is 2.36. The average molecular weight is 1090 g/mol. The van der Waals surface area contributed by atoms with Crippen LogP contribution >= 0.6 is 23.2 Å². The fraction of sp³-hybridized carbons (Fsp3) is 0.333. The molecule has 16 nitrogen and oxygen atoms in total. The SMILES string of the molecule is CC(C)(C)OC(=O)N1CCCC(c2ccc3ncnc(Nc4ccc(OCc5ccccn5)c(Cl)c4)c3c2)C1.CC(C)(C)OC(=O)N1CCC[C@H](c2ccc3ncnc(Nc4ccc(OCc5ccccn5)c(Cl)c4)c3c2)C1. The van der Waals surface area contributed by atoms with E-state index in [-0.39, 0.29) is 24.0 Å². The van der Waals surface area contributed by atoms with Crippen LogP contribution in [0.2, 0.25) is 10.0 Å². The molecule has 2 fully saturated rings. The number of aromatic nitrogens is 6. The average Bonchev–Trinajstić information content (AvgIpc) is 3.52. The van der Waals surface area contributed by atoms with Gasteiger partial charge in [-0.3, -0.25) is 9.97 Å². The van der Waals surface area contributed by atoms with Crippen LogP contribution in [-0.2, 0) is 22.7 Å². The molecular weight excluding hydrogens is 1030 g/mol. The van der Waals surface area contributed by atoms with E-state index in [2.05, 4.69) is 64.8 Å². The van der Waals surface area contributed by atoms with Gasteiger partial charge in [-0.15, -0.1) is 0 Å². The molecular formula is C60H64Cl2N10O6. The first kappa shape index (κ1) is 55.0. The van der Waals surface area contributed by atoms with Gasteiger partial charge in [0.05, 0.1) is 32.5 Å². The van der Waals surface area contributed by atoms with Crippen LogP contribution in [0.3, 0.4) is 0 Å². The number of likely N-dealkylation sites (tertiary alicyclic amines) is 2. The second-order valence-corrected chi connectivity index (χ2v) is 22.1. The Morgan fingerprint density at radius 1 is 0.551 bits per heavy atom. The van der Waals surface area contributed by atoms with E-state index >= 15 is 0 Å². The monoisotopic (exact) mass is 1090 g/mol. The normalized spacial score (nSPS) is 15.7. The smallest absolute Gasteiger partial charge is 0.410 e. The van der Waals surface area contributed by atoms with Crippen LogP contribution in [0.25, 0.3) is 21.8 Å². The molecule has 2 atom stereocenters. The number of anilines is 4. The maximum Gasteiger partial charge on any atom is 0.410 e. The molecule has 4 aromatic heterocycles. The molecule has 18 heteroatoms. The molecule has 0 saturated carbocycles. The van der Waals surface area contributed by atoms with Gasteiger partial charge in [0, 0.05) is 72.6 Å². The molecule has 2 saturated heterocycles. The first-order valence-electron chi connectivity index (χ1n) is 26.1. The number of rotatable bonds is 12. The summed E-state index contributed by atoms with van der Waals surface area (Å²) < 4.78 is 22.9. The van der Waals surface area contributed by atoms with Gasteiger partial charge in [0.2, 0.25) is 0 Å². The van der Waals surface area contributed by atoms with Crippen molar-refractivity contribution >= 4 is 80.2 Å². The highest BCUT2D eigenvalue weighted by Gasteiger charge is 2.30. The van der Waals surface area contributed by atoms with Gasteiger partial charge in [-0.1, -0.05) is 47.5 Å². The lowest BCUT2D eigenvalue weighted by Crippen LogP contribution is -2.42. The summed E-state index contributed by atoms with van der Waals surface area (Å²) in [4.78, 5) is 55.4. The van der Waals surface area contributed by atoms with E-state index in [9.17, 15) is 9.59 Å². The minimum atomic E-state index is -0.517. The molecule has 0 spiro atoms. The topological polar surface area (TPSA) is 179 Å². The molecule has 0 aliphatic carbocycles. The number of benzene rings is 4. The number of piperidine rings is 2. The molecule has 0 radical (unpaired) electrons. The molecule has 6 heterocycles. The van der Waals surface area contributed by atoms with Crippen molar-refractivity contribution in [2.24, 2.45) is 0 Å². The van der Waals surface area contributed by atoms with E-state index in [0.29, 0.717) is 72.6 Å². The van der Waals surface area contributed by atoms with Crippen LogP contribution in [0.4, 0.5) is 32.6 Å². The number of pyridine rings is 2. The van der Waals surface area contributed by atoms with Crippen molar-refractivity contribution in [3.8, 4) is 11.5 Å². The maximum atomic E-state index is 12.7. The van der Waals surface area contributed by atoms with Crippen LogP contribution < -0.4 is 20.1 Å². The molecule has 0 bridgehead atoms. The van der Waals surface area contributed by atoms with Crippen LogP contribution in [0.5, 0.6) is 11.5 Å². The van der Waals surface area contributed by atoms with Crippen molar-refractivity contribution in [3.63, 3.8) is 0 Å². The summed E-state index contributed by atoms with van der Waals surface area (Å²) in [5.74, 6) is 2.92. The van der Waals surface area contributed by atoms with E-state index < -0.39 is 11.2 Å². The van der Waals surface area contributed by atoms with Crippen molar-refractivity contribution in [3.05, 3.63) is 167 Å². The summed E-state index contributed by atoms with van der Waals surface area (Å²) in [7, 11) is 0. The van der Waals surface area contributed by atoms with E-state index in [1.54, 1.807) is 25.0 Å². The van der Waals surface area contributed by atoms with Gasteiger partial charge in [-0.05, 0) is 163 Å². The van der Waals surface area contributed by atoms with Crippen molar-refractivity contribution < 1.29 is 28.5 Å². The van der Waals surface area contributed by atoms with Gasteiger partial charge in [0.25, 0.3) is 0 Å². The number of nitrogens with zero attached hydrogens (tertiary/aromatic N) is 8. The molecule has 4 aromatic carbocycles. The number of amides is 2. The van der Waals surface area contributed by atoms with E-state index in [4.69, 9.17) is 42.1 Å². The summed E-state index contributed by atoms with van der Waals surface area (Å²) in [5, 5.41) is 9.54. The molecule has 10 rings (SSSR count). The highest BCUT2D eigenvalue weighted by molar-refractivity contribution is 6.32. The van der Waals surface area contributed by atoms with Crippen molar-refractivity contribution in [1.82, 2.24) is 39.7 Å². The van der Waals surface area contributed by atoms with Gasteiger partial charge in [0.15, 0.2) is 0 Å². The number of halogens is 2. The summed E-state index contributed by atoms with van der Waals surface area (Å²) in [5.41, 5.74) is 6.13. The molecule has 2 aliphatic rings. The van der Waals surface area contributed by atoms with Gasteiger partial charge in [-0.25, -0.2) is 29.5 Å². The fourth-order valence-corrected chi connectivity index (χ4v) is 9.74. The minimum Gasteiger partial charge on any atom is -0.486 e. The molecule has 8 aromatic rings. The number of hydrogen-bond acceptors (Lipinski definition) is 14. The Hall–Kier alpha value is -7.82. The molecule has 1 unspecified atom stereocenters. The number of carbonyl (C=O) groups excluding carboxylic acids is 2. The van der Waals surface area contributed by atoms with Crippen molar-refractivity contribution in [1.29, 1.82) is 0 Å². The lowest BCUT2D eigenvalue weighted by molar-refractivity contribution is 0.0188. The lowest BCUT2D eigenvalue weighted by Gasteiger charge is -2.34. The van der Waals surface area contributed by atoms with Crippen molar-refractivity contribution in [2.75, 3.05) is 36.8 Å². The number of hydrogen-bond donors (Lipinski definition) is 2. The number of fused-ring (bicyclic) bond motifs is 2. The van der Waals surface area contributed by atoms with E-state index in [0.717, 1.165) is 81.4 Å². The van der Waals surface area contributed by atoms with Gasteiger partial charge in [-0.2, -0.15) is 0 Å². The Kier molecular flexibility index (Phi) is 17.4. The molecule has 404 valence electrons. The molecule has 2 N–H and O–H groups in total. The lowest BCUT2D eigenvalue weighted by atomic mass is 9.90. The third-order valence-electron chi connectivity index (χ3n) is 13.0. The second-order valence-electron chi connectivity index (χ2n) is 21.3. The molecule has 2 amide bonds. The molecule has 2 aliphatic heterocycles. The Morgan fingerprint density at radius 3 is 1.37 bits per heavy atom. The first-order valence-corrected chi connectivity index (χ1v) is 26.9. The maximum absolute atomic E-state index is 12.7. The van der Waals surface area contributed by atoms with E-state index in [1.807, 2.05) is 136 Å². The fourth-order valence-electron chi connectivity index (χ4n) is 9.27. The summed E-state index contributed by atoms with van der Waals surface area (Å²) in [6, 6.07) is 34.9. The number of carbonyl (C=O) groups is 2.